The molecule has 0 unspecified atom stereocenters. The van der Waals surface area contributed by atoms with Crippen LogP contribution in [-0.4, -0.2) is 22.1 Å². The van der Waals surface area contributed by atoms with E-state index in [9.17, 15) is 9.59 Å². The Morgan fingerprint density at radius 1 is 1.64 bits per heavy atom. The number of nitrogens with one attached hydrogen (secondary N) is 1. The van der Waals surface area contributed by atoms with E-state index in [1.54, 1.807) is 0 Å². The number of hydrogen-bond acceptors (Lipinski definition) is 3. The van der Waals surface area contributed by atoms with Crippen LogP contribution in [0.15, 0.2) is 21.5 Å². The van der Waals surface area contributed by atoms with Crippen molar-refractivity contribution < 1.29 is 9.90 Å². The number of carboxylic acids is 1. The first-order valence-corrected chi connectivity index (χ1v) is 4.65. The summed E-state index contributed by atoms with van der Waals surface area (Å²) in [5.41, 5.74) is 5.62. The summed E-state index contributed by atoms with van der Waals surface area (Å²) in [6, 6.07) is 1.68. The van der Waals surface area contributed by atoms with Gasteiger partial charge in [0.05, 0.1) is 4.60 Å². The van der Waals surface area contributed by atoms with Gasteiger partial charge in [-0.05, 0) is 15.9 Å². The third kappa shape index (κ3) is 2.97. The van der Waals surface area contributed by atoms with Gasteiger partial charge in [0.25, 0.3) is 0 Å². The highest BCUT2D eigenvalue weighted by Gasteiger charge is 2.12. The van der Waals surface area contributed by atoms with Crippen molar-refractivity contribution in [3.05, 3.63) is 32.7 Å². The second-order valence-electron chi connectivity index (χ2n) is 2.84. The number of nitrogens with two attached hydrogens (primary N) is 1. The van der Waals surface area contributed by atoms with Gasteiger partial charge in [-0.1, -0.05) is 0 Å². The molecule has 1 rings (SSSR count). The lowest BCUT2D eigenvalue weighted by atomic mass is 10.1. The molecule has 0 radical (unpaired) electrons. The van der Waals surface area contributed by atoms with Crippen LogP contribution in [0.4, 0.5) is 0 Å². The van der Waals surface area contributed by atoms with Crippen LogP contribution in [0.3, 0.4) is 0 Å². The van der Waals surface area contributed by atoms with E-state index in [0.717, 1.165) is 0 Å². The molecule has 0 aliphatic carbocycles. The van der Waals surface area contributed by atoms with Crippen molar-refractivity contribution in [2.45, 2.75) is 12.5 Å². The van der Waals surface area contributed by atoms with E-state index in [-0.39, 0.29) is 11.8 Å². The van der Waals surface area contributed by atoms with Gasteiger partial charge in [-0.25, -0.2) is 0 Å². The topological polar surface area (TPSA) is 96.2 Å². The molecule has 1 aromatic rings. The first kappa shape index (κ1) is 10.9. The highest BCUT2D eigenvalue weighted by Crippen LogP contribution is 2.04. The van der Waals surface area contributed by atoms with Crippen molar-refractivity contribution >= 4 is 21.9 Å². The second-order valence-corrected chi connectivity index (χ2v) is 3.69. The fourth-order valence-electron chi connectivity index (χ4n) is 0.998. The Hall–Kier alpha value is -1.14. The number of H-pyrrole nitrogens is 1. The van der Waals surface area contributed by atoms with Crippen molar-refractivity contribution in [2.24, 2.45) is 5.73 Å². The molecule has 0 saturated carbocycles. The van der Waals surface area contributed by atoms with Crippen LogP contribution >= 0.6 is 15.9 Å². The van der Waals surface area contributed by atoms with Gasteiger partial charge in [-0.2, -0.15) is 0 Å². The minimum absolute atomic E-state index is 0.101. The summed E-state index contributed by atoms with van der Waals surface area (Å²) < 4.78 is 0.512. The zero-order chi connectivity index (χ0) is 10.7. The third-order valence-corrected chi connectivity index (χ3v) is 2.05. The SMILES string of the molecule is N[C@@H](Cc1cc(=O)cc(Br)[nH]1)C(=O)O. The fourth-order valence-corrected chi connectivity index (χ4v) is 1.48. The Bertz CT molecular complexity index is 402. The van der Waals surface area contributed by atoms with Crippen molar-refractivity contribution in [2.75, 3.05) is 0 Å². The number of hydrogen-bond donors (Lipinski definition) is 3. The van der Waals surface area contributed by atoms with Crippen molar-refractivity contribution in [1.29, 1.82) is 0 Å². The Morgan fingerprint density at radius 2 is 2.29 bits per heavy atom. The van der Waals surface area contributed by atoms with E-state index >= 15 is 0 Å². The molecule has 0 saturated heterocycles. The van der Waals surface area contributed by atoms with Gasteiger partial charge in [0.1, 0.15) is 6.04 Å². The second kappa shape index (κ2) is 4.39. The first-order valence-electron chi connectivity index (χ1n) is 3.86. The molecule has 4 N–H and O–H groups in total. The summed E-state index contributed by atoms with van der Waals surface area (Å²) in [7, 11) is 0. The maximum atomic E-state index is 11.0. The van der Waals surface area contributed by atoms with Crippen LogP contribution in [0.5, 0.6) is 0 Å². The number of aromatic amines is 1. The lowest BCUT2D eigenvalue weighted by Gasteiger charge is -2.06. The van der Waals surface area contributed by atoms with E-state index in [4.69, 9.17) is 10.8 Å². The van der Waals surface area contributed by atoms with Crippen LogP contribution in [0, 0.1) is 0 Å². The molecule has 5 nitrogen and oxygen atoms in total. The predicted octanol–water partition coefficient (Wildman–Crippen LogP) is 0.0918. The van der Waals surface area contributed by atoms with Gasteiger partial charge >= 0.3 is 5.97 Å². The fraction of sp³-hybridized carbons (Fsp3) is 0.250. The molecule has 0 aliphatic rings. The van der Waals surface area contributed by atoms with Crippen LogP contribution in [0.1, 0.15) is 5.69 Å². The molecule has 0 spiro atoms. The maximum Gasteiger partial charge on any atom is 0.320 e. The van der Waals surface area contributed by atoms with Gasteiger partial charge < -0.3 is 15.8 Å². The van der Waals surface area contributed by atoms with Crippen molar-refractivity contribution in [3.63, 3.8) is 0 Å². The van der Waals surface area contributed by atoms with Gasteiger partial charge in [0.15, 0.2) is 5.43 Å². The van der Waals surface area contributed by atoms with Crippen molar-refractivity contribution in [1.82, 2.24) is 4.98 Å². The largest absolute Gasteiger partial charge is 0.480 e. The Morgan fingerprint density at radius 3 is 2.79 bits per heavy atom. The van der Waals surface area contributed by atoms with Crippen LogP contribution in [0.2, 0.25) is 0 Å². The lowest BCUT2D eigenvalue weighted by molar-refractivity contribution is -0.138. The summed E-state index contributed by atoms with van der Waals surface area (Å²) in [5.74, 6) is -1.09. The average Bonchev–Trinajstić information content (AvgIpc) is 2.01. The van der Waals surface area contributed by atoms with Crippen LogP contribution < -0.4 is 11.2 Å². The zero-order valence-corrected chi connectivity index (χ0v) is 8.74. The van der Waals surface area contributed by atoms with E-state index in [1.807, 2.05) is 0 Å². The molecular weight excluding hydrogens is 252 g/mol. The number of pyridine rings is 1. The van der Waals surface area contributed by atoms with Crippen LogP contribution in [0.25, 0.3) is 0 Å². The summed E-state index contributed by atoms with van der Waals surface area (Å²) in [4.78, 5) is 24.3. The minimum atomic E-state index is -1.09. The molecule has 1 heterocycles. The smallest absolute Gasteiger partial charge is 0.320 e. The molecule has 6 heteroatoms. The van der Waals surface area contributed by atoms with Gasteiger partial charge in [0.2, 0.25) is 0 Å². The highest BCUT2D eigenvalue weighted by atomic mass is 79.9. The first-order chi connectivity index (χ1) is 6.49. The highest BCUT2D eigenvalue weighted by molar-refractivity contribution is 9.10. The number of aromatic nitrogens is 1. The number of rotatable bonds is 3. The third-order valence-electron chi connectivity index (χ3n) is 1.62. The number of carboxylic acid groups (broad SMARTS) is 1. The summed E-state index contributed by atoms with van der Waals surface area (Å²) in [6.45, 7) is 0. The molecular formula is C8H9BrN2O3. The number of halogens is 1. The zero-order valence-electron chi connectivity index (χ0n) is 7.16. The molecule has 0 aromatic carbocycles. The standard InChI is InChI=1S/C8H9BrN2O3/c9-7-3-5(12)1-4(11-7)2-6(10)8(13)14/h1,3,6H,2,10H2,(H,11,12)(H,13,14)/t6-/m0/s1. The monoisotopic (exact) mass is 260 g/mol. The Labute approximate surface area is 88.1 Å². The van der Waals surface area contributed by atoms with Gasteiger partial charge in [0, 0.05) is 24.2 Å². The maximum absolute atomic E-state index is 11.0. The molecule has 76 valence electrons. The summed E-state index contributed by atoms with van der Waals surface area (Å²) in [6.07, 6.45) is 0.101. The van der Waals surface area contributed by atoms with E-state index in [1.165, 1.54) is 12.1 Å². The number of aliphatic carboxylic acids is 1. The average molecular weight is 261 g/mol. The molecule has 1 atom stereocenters. The van der Waals surface area contributed by atoms with Gasteiger partial charge in [-0.15, -0.1) is 0 Å². The van der Waals surface area contributed by atoms with Crippen molar-refractivity contribution in [3.8, 4) is 0 Å². The number of carbonyl (C=O) groups is 1. The molecule has 0 aliphatic heterocycles. The van der Waals surface area contributed by atoms with E-state index in [0.29, 0.717) is 10.3 Å². The molecule has 14 heavy (non-hydrogen) atoms. The molecule has 0 amide bonds. The summed E-state index contributed by atoms with van der Waals surface area (Å²) in [5, 5.41) is 8.55. The Kier molecular flexibility index (Phi) is 3.43. The Balaban J connectivity index is 2.87. The molecule has 0 fully saturated rings. The minimum Gasteiger partial charge on any atom is -0.480 e. The van der Waals surface area contributed by atoms with E-state index < -0.39 is 12.0 Å². The quantitative estimate of drug-likeness (QED) is 0.672. The van der Waals surface area contributed by atoms with Crippen LogP contribution in [-0.2, 0) is 11.2 Å². The van der Waals surface area contributed by atoms with Gasteiger partial charge in [-0.3, -0.25) is 9.59 Å². The lowest BCUT2D eigenvalue weighted by Crippen LogP contribution is -2.32. The molecule has 0 bridgehead atoms. The molecule has 1 aromatic heterocycles. The normalized spacial score (nSPS) is 12.4. The van der Waals surface area contributed by atoms with E-state index in [2.05, 4.69) is 20.9 Å². The predicted molar refractivity (Wildman–Crippen MR) is 54.1 cm³/mol. The summed E-state index contributed by atoms with van der Waals surface area (Å²) >= 11 is 3.10.